The van der Waals surface area contributed by atoms with Gasteiger partial charge in [0.25, 0.3) is 5.88 Å². The first-order valence-electron chi connectivity index (χ1n) is 5.39. The Morgan fingerprint density at radius 3 is 2.88 bits per heavy atom. The van der Waals surface area contributed by atoms with Crippen LogP contribution in [0.3, 0.4) is 0 Å². The van der Waals surface area contributed by atoms with Gasteiger partial charge in [-0.25, -0.2) is 4.98 Å². The molecule has 86 valence electrons. The van der Waals surface area contributed by atoms with Crippen molar-refractivity contribution in [3.63, 3.8) is 0 Å². The van der Waals surface area contributed by atoms with Crippen molar-refractivity contribution < 1.29 is 4.74 Å². The summed E-state index contributed by atoms with van der Waals surface area (Å²) in [6.45, 7) is 2.48. The molecule has 0 N–H and O–H groups in total. The molecule has 0 aliphatic carbocycles. The molecule has 0 saturated heterocycles. The number of aromatic nitrogens is 3. The van der Waals surface area contributed by atoms with E-state index in [-0.39, 0.29) is 0 Å². The van der Waals surface area contributed by atoms with Crippen molar-refractivity contribution >= 4 is 12.0 Å². The monoisotopic (exact) mass is 227 g/mol. The highest BCUT2D eigenvalue weighted by atomic mass is 16.5. The lowest BCUT2D eigenvalue weighted by Gasteiger charge is -2.03. The van der Waals surface area contributed by atoms with Gasteiger partial charge in [-0.15, -0.1) is 0 Å². The highest BCUT2D eigenvalue weighted by molar-refractivity contribution is 5.53. The van der Waals surface area contributed by atoms with Crippen LogP contribution in [-0.4, -0.2) is 21.4 Å². The summed E-state index contributed by atoms with van der Waals surface area (Å²) in [5.74, 6) is 0.536. The third kappa shape index (κ3) is 3.06. The maximum atomic E-state index is 5.44. The molecule has 2 rings (SSSR count). The van der Waals surface area contributed by atoms with E-state index in [2.05, 4.69) is 15.8 Å². The Morgan fingerprint density at radius 2 is 2.24 bits per heavy atom. The van der Waals surface area contributed by atoms with Crippen molar-refractivity contribution in [1.29, 1.82) is 0 Å². The fourth-order valence-electron chi connectivity index (χ4n) is 1.32. The molecule has 4 heteroatoms. The minimum Gasteiger partial charge on any atom is -0.472 e. The molecule has 2 aromatic rings. The zero-order valence-electron chi connectivity index (χ0n) is 9.58. The highest BCUT2D eigenvalue weighted by Crippen LogP contribution is 2.05. The van der Waals surface area contributed by atoms with Crippen LogP contribution in [0, 0.1) is 0 Å². The first kappa shape index (κ1) is 11.2. The summed E-state index contributed by atoms with van der Waals surface area (Å²) in [5, 5.41) is 4.01. The molecule has 4 nitrogen and oxygen atoms in total. The van der Waals surface area contributed by atoms with Crippen LogP contribution in [0.5, 0.6) is 0 Å². The van der Waals surface area contributed by atoms with Crippen LogP contribution in [0.1, 0.15) is 12.5 Å². The molecule has 0 fully saturated rings. The predicted octanol–water partition coefficient (Wildman–Crippen LogP) is 2.43. The summed E-state index contributed by atoms with van der Waals surface area (Å²) in [4.78, 5) is 3.88. The van der Waals surface area contributed by atoms with Crippen LogP contribution in [0.2, 0.25) is 0 Å². The van der Waals surface area contributed by atoms with E-state index in [1.165, 1.54) is 6.33 Å². The maximum Gasteiger partial charge on any atom is 0.262 e. The molecule has 0 radical (unpaired) electrons. The molecular formula is C13H13N3O. The first-order chi connectivity index (χ1) is 8.40. The second kappa shape index (κ2) is 5.68. The van der Waals surface area contributed by atoms with Gasteiger partial charge in [-0.1, -0.05) is 36.1 Å². The molecule has 0 aliphatic heterocycles. The number of nitrogens with zero attached hydrogens (tertiary/aromatic N) is 3. The van der Waals surface area contributed by atoms with Crippen LogP contribution in [0.15, 0.2) is 48.7 Å². The number of benzene rings is 1. The zero-order valence-corrected chi connectivity index (χ0v) is 9.58. The summed E-state index contributed by atoms with van der Waals surface area (Å²) in [5.41, 5.74) is 4.13. The second-order valence-corrected chi connectivity index (χ2v) is 3.28. The number of rotatable bonds is 4. The van der Waals surface area contributed by atoms with Gasteiger partial charge in [0.2, 0.25) is 0 Å². The molecule has 0 aliphatic rings. The quantitative estimate of drug-likeness (QED) is 0.595. The van der Waals surface area contributed by atoms with E-state index in [0.717, 1.165) is 5.56 Å². The van der Waals surface area contributed by atoms with Gasteiger partial charge in [0.1, 0.15) is 12.7 Å². The largest absolute Gasteiger partial charge is 0.472 e. The van der Waals surface area contributed by atoms with Gasteiger partial charge in [0.15, 0.2) is 0 Å². The Balaban J connectivity index is 2.30. The molecule has 0 amide bonds. The Hall–Kier alpha value is -2.32. The van der Waals surface area contributed by atoms with E-state index in [9.17, 15) is 0 Å². The first-order valence-corrected chi connectivity index (χ1v) is 5.39. The normalized spacial score (nSPS) is 9.47. The topological polar surface area (TPSA) is 39.9 Å². The summed E-state index contributed by atoms with van der Waals surface area (Å²) in [6, 6.07) is 9.92. The lowest BCUT2D eigenvalue weighted by atomic mass is 10.2. The van der Waals surface area contributed by atoms with Gasteiger partial charge in [-0.05, 0) is 18.6 Å². The fourth-order valence-corrected chi connectivity index (χ4v) is 1.32. The fraction of sp³-hybridized carbons (Fsp3) is 0.154. The van der Waals surface area contributed by atoms with Gasteiger partial charge in [-0.2, -0.15) is 9.78 Å². The Morgan fingerprint density at radius 1 is 1.41 bits per heavy atom. The van der Waals surface area contributed by atoms with Crippen molar-refractivity contribution in [2.24, 2.45) is 0 Å². The van der Waals surface area contributed by atoms with E-state index in [1.807, 2.05) is 43.3 Å². The smallest absolute Gasteiger partial charge is 0.262 e. The lowest BCUT2D eigenvalue weighted by Crippen LogP contribution is -2.00. The third-order valence-electron chi connectivity index (χ3n) is 2.07. The molecule has 0 spiro atoms. The van der Waals surface area contributed by atoms with E-state index in [1.54, 1.807) is 11.0 Å². The van der Waals surface area contributed by atoms with Crippen LogP contribution in [0.25, 0.3) is 12.0 Å². The SMILES string of the molecule is CCOC(=C=Cc1ccccc1)n1cncn1. The molecule has 0 saturated carbocycles. The second-order valence-electron chi connectivity index (χ2n) is 3.28. The van der Waals surface area contributed by atoms with Gasteiger partial charge >= 0.3 is 0 Å². The molecule has 1 aromatic heterocycles. The van der Waals surface area contributed by atoms with Crippen molar-refractivity contribution in [3.8, 4) is 0 Å². The van der Waals surface area contributed by atoms with Gasteiger partial charge in [0.05, 0.1) is 6.61 Å². The Kier molecular flexibility index (Phi) is 3.73. The van der Waals surface area contributed by atoms with E-state index >= 15 is 0 Å². The minimum absolute atomic E-state index is 0.536. The minimum atomic E-state index is 0.536. The average Bonchev–Trinajstić information content (AvgIpc) is 2.89. The van der Waals surface area contributed by atoms with Crippen molar-refractivity contribution in [1.82, 2.24) is 14.8 Å². The van der Waals surface area contributed by atoms with Gasteiger partial charge in [-0.3, -0.25) is 0 Å². The third-order valence-corrected chi connectivity index (χ3v) is 2.07. The van der Waals surface area contributed by atoms with E-state index < -0.39 is 0 Å². The average molecular weight is 227 g/mol. The predicted molar refractivity (Wildman–Crippen MR) is 65.8 cm³/mol. The van der Waals surface area contributed by atoms with E-state index in [4.69, 9.17) is 4.74 Å². The molecular weight excluding hydrogens is 214 g/mol. The Labute approximate surface area is 99.9 Å². The van der Waals surface area contributed by atoms with Crippen LogP contribution >= 0.6 is 0 Å². The van der Waals surface area contributed by atoms with Gasteiger partial charge < -0.3 is 4.74 Å². The zero-order chi connectivity index (χ0) is 11.9. The van der Waals surface area contributed by atoms with Crippen LogP contribution < -0.4 is 0 Å². The summed E-state index contributed by atoms with van der Waals surface area (Å²) in [6.07, 6.45) is 4.90. The van der Waals surface area contributed by atoms with Crippen LogP contribution in [0.4, 0.5) is 0 Å². The molecule has 0 unspecified atom stereocenters. The number of ether oxygens (including phenoxy) is 1. The summed E-state index contributed by atoms with van der Waals surface area (Å²) >= 11 is 0. The Bertz CT molecular complexity index is 511. The van der Waals surface area contributed by atoms with Crippen LogP contribution in [-0.2, 0) is 4.74 Å². The van der Waals surface area contributed by atoms with Gasteiger partial charge in [0, 0.05) is 0 Å². The molecule has 0 atom stereocenters. The van der Waals surface area contributed by atoms with E-state index in [0.29, 0.717) is 12.5 Å². The van der Waals surface area contributed by atoms with Crippen molar-refractivity contribution in [2.45, 2.75) is 6.92 Å². The molecule has 17 heavy (non-hydrogen) atoms. The van der Waals surface area contributed by atoms with Crippen molar-refractivity contribution in [2.75, 3.05) is 6.61 Å². The lowest BCUT2D eigenvalue weighted by molar-refractivity contribution is 0.272. The van der Waals surface area contributed by atoms with Crippen molar-refractivity contribution in [3.05, 3.63) is 54.3 Å². The summed E-state index contributed by atoms with van der Waals surface area (Å²) in [7, 11) is 0. The molecule has 1 aromatic carbocycles. The number of hydrogen-bond donors (Lipinski definition) is 0. The maximum absolute atomic E-state index is 5.44. The summed E-state index contributed by atoms with van der Waals surface area (Å²) < 4.78 is 6.99. The number of hydrogen-bond acceptors (Lipinski definition) is 3. The highest BCUT2D eigenvalue weighted by Gasteiger charge is 1.98. The molecule has 0 bridgehead atoms. The molecule has 1 heterocycles. The standard InChI is InChI=1S/C13H13N3O/c1-2-17-13(16-11-14-10-15-16)9-8-12-6-4-3-5-7-12/h3-8,10-11H,2H2,1H3.